The highest BCUT2D eigenvalue weighted by atomic mass is 32.2. The standard InChI is InChI=1S/C24H33N5O3S.C12H11NO2.C11H20N4O2S/c1-24(2,16-28-12-3-4-13-28)29-14-11-21(26-29)33(31,32)27-23(30)25-22-19-9-5-7-17(19)15-18-8-6-10-20(18)22;14-7-13-11-10-3-1-2-8(10)6-9-4-5-15-12(9)11;1-11(2,9-14-6-3-4-7-14)15-8-5-10(13-15)18(12,16)17/h11,14-15H,3-10,12-13,16H2,1-2H3,(H2,25,27,30);6H,1-5H2;5,8H,3-4,6-7,9H2,1-2H3,(H2,12,16,17). The number of nitrogens with two attached hydrogens (primary N) is 1. The van der Waals surface area contributed by atoms with E-state index in [0.717, 1.165) is 132 Å². The Bertz CT molecular complexity index is 2660. The average molecular weight is 945 g/mol. The molecule has 0 atom stereocenters. The maximum Gasteiger partial charge on any atom is 0.333 e. The summed E-state index contributed by atoms with van der Waals surface area (Å²) in [4.78, 5) is 31.8. The summed E-state index contributed by atoms with van der Waals surface area (Å²) in [6, 6.07) is 6.67. The molecule has 4 N–H and O–H groups in total. The molecule has 5 heterocycles. The minimum atomic E-state index is -4.08. The zero-order chi connectivity index (χ0) is 46.9. The van der Waals surface area contributed by atoms with E-state index in [9.17, 15) is 26.4 Å². The van der Waals surface area contributed by atoms with E-state index >= 15 is 0 Å². The topological polar surface area (TPSA) is 216 Å². The fraction of sp³-hybridized carbons (Fsp3) is 0.574. The summed E-state index contributed by atoms with van der Waals surface area (Å²) >= 11 is 0. The Kier molecular flexibility index (Phi) is 14.0. The van der Waals surface area contributed by atoms with E-state index in [0.29, 0.717) is 6.61 Å². The zero-order valence-electron chi connectivity index (χ0n) is 38.7. The number of benzene rings is 2. The minimum Gasteiger partial charge on any atom is -0.491 e. The van der Waals surface area contributed by atoms with Crippen molar-refractivity contribution < 1.29 is 31.2 Å². The van der Waals surface area contributed by atoms with Crippen molar-refractivity contribution in [2.24, 2.45) is 10.1 Å². The first kappa shape index (κ1) is 47.6. The summed E-state index contributed by atoms with van der Waals surface area (Å²) in [5.41, 5.74) is 9.60. The van der Waals surface area contributed by atoms with E-state index in [1.165, 1.54) is 65.6 Å². The number of aromatic nitrogens is 4. The second kappa shape index (κ2) is 19.4. The van der Waals surface area contributed by atoms with Crippen LogP contribution in [-0.2, 0) is 80.9 Å². The molecular weight excluding hydrogens is 881 g/mol. The smallest absolute Gasteiger partial charge is 0.333 e. The largest absolute Gasteiger partial charge is 0.491 e. The molecule has 4 aromatic rings. The molecule has 3 aliphatic heterocycles. The SMILES string of the molecule is CC(C)(CN1CCCC1)n1ccc(S(=O)(=O)NC(=O)Nc2c3c(cc4c2CCC4)CCC3)n1.CC(C)(CN1CCCC1)n1ccc(S(N)(=O)=O)n1.O=C=Nc1c2c(cc3c1OCC3)CCC2. The number of anilines is 1. The number of carbonyl (C=O) groups is 1. The highest BCUT2D eigenvalue weighted by Crippen LogP contribution is 2.44. The zero-order valence-corrected chi connectivity index (χ0v) is 40.3. The molecule has 2 amide bonds. The molecule has 2 fully saturated rings. The van der Waals surface area contributed by atoms with E-state index in [1.54, 1.807) is 27.8 Å². The Labute approximate surface area is 388 Å². The normalized spacial score (nSPS) is 18.0. The van der Waals surface area contributed by atoms with Crippen molar-refractivity contribution in [2.75, 3.05) is 51.2 Å². The number of nitrogens with zero attached hydrogens (tertiary/aromatic N) is 7. The molecule has 0 saturated carbocycles. The first-order valence-electron chi connectivity index (χ1n) is 23.4. The van der Waals surface area contributed by atoms with Crippen molar-refractivity contribution in [2.45, 2.75) is 139 Å². The van der Waals surface area contributed by atoms with E-state index in [-0.39, 0.29) is 21.1 Å². The van der Waals surface area contributed by atoms with Gasteiger partial charge in [-0.25, -0.2) is 27.9 Å². The van der Waals surface area contributed by atoms with Crippen molar-refractivity contribution in [3.63, 3.8) is 0 Å². The van der Waals surface area contributed by atoms with Crippen LogP contribution in [0.5, 0.6) is 5.75 Å². The Morgan fingerprint density at radius 1 is 0.712 bits per heavy atom. The van der Waals surface area contributed by atoms with E-state index in [4.69, 9.17) is 9.88 Å². The number of urea groups is 1. The van der Waals surface area contributed by atoms with Crippen LogP contribution < -0.4 is 19.9 Å². The number of rotatable bonds is 11. The highest BCUT2D eigenvalue weighted by Gasteiger charge is 2.32. The van der Waals surface area contributed by atoms with Gasteiger partial charge in [0.15, 0.2) is 10.1 Å². The van der Waals surface area contributed by atoms with Gasteiger partial charge in [-0.15, -0.1) is 0 Å². The molecule has 2 saturated heterocycles. The van der Waals surface area contributed by atoms with E-state index < -0.39 is 26.1 Å². The number of primary sulfonamides is 1. The van der Waals surface area contributed by atoms with Crippen molar-refractivity contribution in [1.29, 1.82) is 0 Å². The van der Waals surface area contributed by atoms with Crippen LogP contribution in [0.15, 0.2) is 51.7 Å². The van der Waals surface area contributed by atoms with Gasteiger partial charge in [-0.2, -0.15) is 23.6 Å². The molecule has 0 spiro atoms. The van der Waals surface area contributed by atoms with Crippen LogP contribution in [0.25, 0.3) is 0 Å². The number of sulfonamides is 2. The van der Waals surface area contributed by atoms with Gasteiger partial charge in [0.1, 0.15) is 11.4 Å². The lowest BCUT2D eigenvalue weighted by Crippen LogP contribution is -2.40. The molecule has 6 aliphatic rings. The van der Waals surface area contributed by atoms with Gasteiger partial charge in [0.05, 0.1) is 17.7 Å². The van der Waals surface area contributed by atoms with Crippen molar-refractivity contribution in [1.82, 2.24) is 34.1 Å². The number of hydrogen-bond donors (Lipinski definition) is 3. The third-order valence-electron chi connectivity index (χ3n) is 13.7. The molecule has 3 aliphatic carbocycles. The number of isocyanates is 1. The maximum absolute atomic E-state index is 12.9. The second-order valence-corrected chi connectivity index (χ2v) is 22.8. The van der Waals surface area contributed by atoms with Crippen molar-refractivity contribution >= 4 is 43.5 Å². The summed E-state index contributed by atoms with van der Waals surface area (Å²) < 4.78 is 59.4. The number of ether oxygens (including phenoxy) is 1. The number of aliphatic imine (C=N–C) groups is 1. The summed E-state index contributed by atoms with van der Waals surface area (Å²) in [5, 5.41) is 16.1. The molecule has 0 bridgehead atoms. The molecule has 19 heteroatoms. The molecule has 17 nitrogen and oxygen atoms in total. The number of amides is 2. The monoisotopic (exact) mass is 944 g/mol. The predicted octanol–water partition coefficient (Wildman–Crippen LogP) is 5.64. The molecule has 0 radical (unpaired) electrons. The maximum atomic E-state index is 12.9. The van der Waals surface area contributed by atoms with Crippen molar-refractivity contribution in [3.8, 4) is 5.75 Å². The molecule has 2 aromatic heterocycles. The van der Waals surface area contributed by atoms with Crippen LogP contribution in [0.4, 0.5) is 16.2 Å². The summed E-state index contributed by atoms with van der Waals surface area (Å²) in [6.45, 7) is 14.9. The molecule has 2 aromatic carbocycles. The van der Waals surface area contributed by atoms with Gasteiger partial charge in [0.2, 0.25) is 6.08 Å². The Hall–Kier alpha value is -4.91. The Morgan fingerprint density at radius 2 is 1.20 bits per heavy atom. The van der Waals surface area contributed by atoms with Crippen LogP contribution in [0.3, 0.4) is 0 Å². The number of carbonyl (C=O) groups excluding carboxylic acids is 2. The number of nitrogens with one attached hydrogen (secondary N) is 2. The van der Waals surface area contributed by atoms with E-state index in [1.807, 2.05) is 27.7 Å². The molecule has 0 unspecified atom stereocenters. The summed E-state index contributed by atoms with van der Waals surface area (Å²) in [6.07, 6.45) is 20.1. The lowest BCUT2D eigenvalue weighted by atomic mass is 9.99. The summed E-state index contributed by atoms with van der Waals surface area (Å²) in [5.74, 6) is 0.819. The first-order chi connectivity index (χ1) is 31.4. The molecule has 10 rings (SSSR count). The van der Waals surface area contributed by atoms with Gasteiger partial charge >= 0.3 is 6.03 Å². The third-order valence-corrected chi connectivity index (χ3v) is 15.7. The lowest BCUT2D eigenvalue weighted by Gasteiger charge is -2.30. The highest BCUT2D eigenvalue weighted by molar-refractivity contribution is 7.90. The van der Waals surface area contributed by atoms with Crippen LogP contribution in [0.2, 0.25) is 0 Å². The van der Waals surface area contributed by atoms with Gasteiger partial charge in [-0.1, -0.05) is 12.1 Å². The molecular formula is C47H64N10O7S2. The van der Waals surface area contributed by atoms with Gasteiger partial charge in [0.25, 0.3) is 20.0 Å². The number of likely N-dealkylation sites (tertiary alicyclic amines) is 2. The van der Waals surface area contributed by atoms with Gasteiger partial charge in [-0.3, -0.25) is 9.36 Å². The fourth-order valence-electron chi connectivity index (χ4n) is 10.5. The lowest BCUT2D eigenvalue weighted by molar-refractivity contribution is 0.195. The fourth-order valence-corrected chi connectivity index (χ4v) is 11.8. The van der Waals surface area contributed by atoms with Crippen LogP contribution in [0.1, 0.15) is 112 Å². The Balaban J connectivity index is 0.000000150. The number of fused-ring (bicyclic) bond motifs is 4. The number of aryl methyl sites for hydroxylation is 3. The van der Waals surface area contributed by atoms with Gasteiger partial charge < -0.3 is 19.9 Å². The molecule has 356 valence electrons. The molecule has 66 heavy (non-hydrogen) atoms. The van der Waals surface area contributed by atoms with Crippen LogP contribution in [0, 0.1) is 0 Å². The Morgan fingerprint density at radius 3 is 1.71 bits per heavy atom. The van der Waals surface area contributed by atoms with Gasteiger partial charge in [-0.05, 0) is 183 Å². The third kappa shape index (κ3) is 10.6. The average Bonchev–Trinajstić information content (AvgIpc) is 4.09. The van der Waals surface area contributed by atoms with E-state index in [2.05, 4.69) is 47.2 Å². The summed E-state index contributed by atoms with van der Waals surface area (Å²) in [7, 11) is -7.80. The first-order valence-corrected chi connectivity index (χ1v) is 26.4. The van der Waals surface area contributed by atoms with Crippen LogP contribution >= 0.6 is 0 Å². The second-order valence-electron chi connectivity index (χ2n) is 19.6. The minimum absolute atomic E-state index is 0.0722. The van der Waals surface area contributed by atoms with Gasteiger partial charge in [0, 0.05) is 43.2 Å². The van der Waals surface area contributed by atoms with Crippen LogP contribution in [-0.4, -0.2) is 104 Å². The quantitative estimate of drug-likeness (QED) is 0.124. The van der Waals surface area contributed by atoms with Crippen molar-refractivity contribution in [3.05, 3.63) is 75.6 Å². The predicted molar refractivity (Wildman–Crippen MR) is 251 cm³/mol. The number of hydrogen-bond acceptors (Lipinski definition) is 12.